The Hall–Kier alpha value is -1.34. The van der Waals surface area contributed by atoms with Crippen LogP contribution in [0, 0.1) is 0 Å². The third-order valence-electron chi connectivity index (χ3n) is 4.11. The Kier molecular flexibility index (Phi) is 5.52. The second-order valence-electron chi connectivity index (χ2n) is 7.27. The van der Waals surface area contributed by atoms with Crippen LogP contribution in [0.25, 0.3) is 0 Å². The van der Waals surface area contributed by atoms with E-state index < -0.39 is 17.7 Å². The highest BCUT2D eigenvalue weighted by Crippen LogP contribution is 2.32. The van der Waals surface area contributed by atoms with Gasteiger partial charge in [0.25, 0.3) is 0 Å². The first-order chi connectivity index (χ1) is 10.7. The van der Waals surface area contributed by atoms with Gasteiger partial charge >= 0.3 is 12.1 Å². The van der Waals surface area contributed by atoms with E-state index in [4.69, 9.17) is 19.3 Å². The average Bonchev–Trinajstić information content (AvgIpc) is 2.53. The number of carboxylic acids is 1. The van der Waals surface area contributed by atoms with Gasteiger partial charge in [0.1, 0.15) is 5.60 Å². The van der Waals surface area contributed by atoms with E-state index in [-0.39, 0.29) is 24.3 Å². The van der Waals surface area contributed by atoms with E-state index in [0.29, 0.717) is 32.5 Å². The van der Waals surface area contributed by atoms with Crippen LogP contribution in [0.5, 0.6) is 0 Å². The van der Waals surface area contributed by atoms with Crippen molar-refractivity contribution in [1.29, 1.82) is 0 Å². The normalized spacial score (nSPS) is 29.6. The molecule has 2 heterocycles. The third-order valence-corrected chi connectivity index (χ3v) is 4.11. The number of fused-ring (bicyclic) bond motifs is 2. The summed E-state index contributed by atoms with van der Waals surface area (Å²) in [6.45, 7) is 8.07. The van der Waals surface area contributed by atoms with Crippen molar-refractivity contribution in [3.8, 4) is 0 Å². The topological polar surface area (TPSA) is 85.3 Å². The van der Waals surface area contributed by atoms with Gasteiger partial charge in [0.15, 0.2) is 6.10 Å². The Morgan fingerprint density at radius 3 is 2.52 bits per heavy atom. The Morgan fingerprint density at radius 1 is 1.26 bits per heavy atom. The molecule has 2 saturated heterocycles. The monoisotopic (exact) mass is 329 g/mol. The molecule has 4 atom stereocenters. The van der Waals surface area contributed by atoms with Gasteiger partial charge in [-0.05, 0) is 47.0 Å². The first-order valence-corrected chi connectivity index (χ1v) is 8.14. The fourth-order valence-corrected chi connectivity index (χ4v) is 3.14. The minimum Gasteiger partial charge on any atom is -0.479 e. The molecule has 1 N–H and O–H groups in total. The number of carbonyl (C=O) groups is 2. The zero-order valence-corrected chi connectivity index (χ0v) is 14.3. The minimum atomic E-state index is -0.973. The molecule has 7 nitrogen and oxygen atoms in total. The van der Waals surface area contributed by atoms with Gasteiger partial charge < -0.3 is 19.3 Å². The molecule has 2 fully saturated rings. The molecule has 0 spiro atoms. The van der Waals surface area contributed by atoms with Gasteiger partial charge in [-0.25, -0.2) is 9.59 Å². The molecule has 0 saturated carbocycles. The van der Waals surface area contributed by atoms with Crippen molar-refractivity contribution in [3.63, 3.8) is 0 Å². The fraction of sp³-hybridized carbons (Fsp3) is 0.875. The van der Waals surface area contributed by atoms with E-state index >= 15 is 0 Å². The number of hydrogen-bond donors (Lipinski definition) is 1. The standard InChI is InChI=1S/C16H27NO6/c1-10(14(18)19)22-13-7-11-5-6-21-9-12(8-13)17(11)15(20)23-16(2,3)4/h10-13H,5-9H2,1-4H3,(H,18,19). The molecular weight excluding hydrogens is 302 g/mol. The van der Waals surface area contributed by atoms with E-state index in [0.717, 1.165) is 0 Å². The van der Waals surface area contributed by atoms with Crippen LogP contribution < -0.4 is 0 Å². The number of ether oxygens (including phenoxy) is 3. The van der Waals surface area contributed by atoms with Gasteiger partial charge in [0.05, 0.1) is 18.8 Å². The van der Waals surface area contributed by atoms with Crippen LogP contribution in [0.4, 0.5) is 4.79 Å². The molecule has 23 heavy (non-hydrogen) atoms. The van der Waals surface area contributed by atoms with E-state index in [1.807, 2.05) is 20.8 Å². The number of carbonyl (C=O) groups excluding carboxylic acids is 1. The first kappa shape index (κ1) is 18.0. The van der Waals surface area contributed by atoms with Crippen LogP contribution in [0.15, 0.2) is 0 Å². The number of nitrogens with zero attached hydrogens (tertiary/aromatic N) is 1. The minimum absolute atomic E-state index is 0.0444. The summed E-state index contributed by atoms with van der Waals surface area (Å²) in [6.07, 6.45) is 0.511. The maximum Gasteiger partial charge on any atom is 0.410 e. The van der Waals surface area contributed by atoms with Crippen LogP contribution in [0.1, 0.15) is 47.0 Å². The maximum absolute atomic E-state index is 12.5. The largest absolute Gasteiger partial charge is 0.479 e. The summed E-state index contributed by atoms with van der Waals surface area (Å²) in [5, 5.41) is 9.00. The predicted molar refractivity (Wildman–Crippen MR) is 82.3 cm³/mol. The number of aliphatic carboxylic acids is 1. The Morgan fingerprint density at radius 2 is 1.91 bits per heavy atom. The van der Waals surface area contributed by atoms with Crippen LogP contribution in [-0.4, -0.2) is 65.2 Å². The molecule has 0 aromatic rings. The molecule has 132 valence electrons. The number of rotatable bonds is 3. The van der Waals surface area contributed by atoms with Gasteiger partial charge in [-0.3, -0.25) is 4.90 Å². The number of hydrogen-bond acceptors (Lipinski definition) is 5. The lowest BCUT2D eigenvalue weighted by Gasteiger charge is -2.43. The van der Waals surface area contributed by atoms with Gasteiger partial charge in [0.2, 0.25) is 0 Å². The number of amides is 1. The van der Waals surface area contributed by atoms with Crippen molar-refractivity contribution in [3.05, 3.63) is 0 Å². The van der Waals surface area contributed by atoms with Gasteiger partial charge in [-0.1, -0.05) is 0 Å². The zero-order chi connectivity index (χ0) is 17.2. The molecule has 0 radical (unpaired) electrons. The van der Waals surface area contributed by atoms with Crippen LogP contribution >= 0.6 is 0 Å². The molecule has 1 amide bonds. The lowest BCUT2D eigenvalue weighted by Crippen LogP contribution is -2.56. The van der Waals surface area contributed by atoms with Crippen molar-refractivity contribution in [1.82, 2.24) is 4.90 Å². The quantitative estimate of drug-likeness (QED) is 0.853. The SMILES string of the molecule is CC(OC1CC2CCOCC(C1)N2C(=O)OC(C)(C)C)C(=O)O. The molecule has 2 aliphatic rings. The van der Waals surface area contributed by atoms with Gasteiger partial charge in [-0.15, -0.1) is 0 Å². The highest BCUT2D eigenvalue weighted by molar-refractivity contribution is 5.71. The number of carboxylic acid groups (broad SMARTS) is 1. The molecule has 2 aliphatic heterocycles. The lowest BCUT2D eigenvalue weighted by molar-refractivity contribution is -0.156. The summed E-state index contributed by atoms with van der Waals surface area (Å²) in [6, 6.07) is -0.186. The molecular formula is C16H27NO6. The summed E-state index contributed by atoms with van der Waals surface area (Å²) in [5.41, 5.74) is -0.549. The van der Waals surface area contributed by atoms with Crippen LogP contribution in [-0.2, 0) is 19.0 Å². The van der Waals surface area contributed by atoms with Crippen LogP contribution in [0.2, 0.25) is 0 Å². The maximum atomic E-state index is 12.5. The summed E-state index contributed by atoms with van der Waals surface area (Å²) in [7, 11) is 0. The van der Waals surface area contributed by atoms with Crippen molar-refractivity contribution in [2.45, 2.75) is 76.9 Å². The molecule has 4 unspecified atom stereocenters. The molecule has 2 rings (SSSR count). The first-order valence-electron chi connectivity index (χ1n) is 8.14. The lowest BCUT2D eigenvalue weighted by atomic mass is 9.92. The Bertz CT molecular complexity index is 430. The highest BCUT2D eigenvalue weighted by Gasteiger charge is 2.42. The van der Waals surface area contributed by atoms with E-state index in [2.05, 4.69) is 0 Å². The second kappa shape index (κ2) is 7.05. The van der Waals surface area contributed by atoms with Crippen molar-refractivity contribution in [2.24, 2.45) is 0 Å². The van der Waals surface area contributed by atoms with E-state index in [9.17, 15) is 9.59 Å². The summed E-state index contributed by atoms with van der Waals surface area (Å²) in [4.78, 5) is 25.3. The van der Waals surface area contributed by atoms with Crippen molar-refractivity contribution in [2.75, 3.05) is 13.2 Å². The zero-order valence-electron chi connectivity index (χ0n) is 14.3. The molecule has 2 bridgehead atoms. The summed E-state index contributed by atoms with van der Waals surface area (Å²) < 4.78 is 16.8. The summed E-state index contributed by atoms with van der Waals surface area (Å²) in [5.74, 6) is -0.973. The molecule has 7 heteroatoms. The van der Waals surface area contributed by atoms with Crippen molar-refractivity contribution < 1.29 is 28.9 Å². The predicted octanol–water partition coefficient (Wildman–Crippen LogP) is 2.03. The molecule has 0 aromatic heterocycles. The van der Waals surface area contributed by atoms with Crippen molar-refractivity contribution >= 4 is 12.1 Å². The molecule has 0 aromatic carbocycles. The highest BCUT2D eigenvalue weighted by atomic mass is 16.6. The second-order valence-corrected chi connectivity index (χ2v) is 7.27. The van der Waals surface area contributed by atoms with E-state index in [1.54, 1.807) is 4.90 Å². The Balaban J connectivity index is 2.08. The Labute approximate surface area is 136 Å². The smallest absolute Gasteiger partial charge is 0.410 e. The fourth-order valence-electron chi connectivity index (χ4n) is 3.14. The average molecular weight is 329 g/mol. The van der Waals surface area contributed by atoms with Gasteiger partial charge in [-0.2, -0.15) is 0 Å². The van der Waals surface area contributed by atoms with E-state index in [1.165, 1.54) is 6.92 Å². The number of piperidine rings is 1. The van der Waals surface area contributed by atoms with Crippen LogP contribution in [0.3, 0.4) is 0 Å². The summed E-state index contributed by atoms with van der Waals surface area (Å²) >= 11 is 0. The molecule has 0 aliphatic carbocycles. The van der Waals surface area contributed by atoms with Gasteiger partial charge in [0, 0.05) is 12.6 Å². The third kappa shape index (κ3) is 4.81.